The molecule has 3 rings (SSSR count). The van der Waals surface area contributed by atoms with Gasteiger partial charge in [-0.05, 0) is 48.6 Å². The molecule has 3 aromatic heterocycles. The Morgan fingerprint density at radius 3 is 1.89 bits per heavy atom. The summed E-state index contributed by atoms with van der Waals surface area (Å²) in [5.41, 5.74) is 1.79. The summed E-state index contributed by atoms with van der Waals surface area (Å²) in [5.74, 6) is -5.18. The smallest absolute Gasteiger partial charge is 0.286 e. The molecular weight excluding hydrogens is 506 g/mol. The highest BCUT2D eigenvalue weighted by Gasteiger charge is 2.26. The van der Waals surface area contributed by atoms with E-state index in [0.717, 1.165) is 25.0 Å². The zero-order valence-corrected chi connectivity index (χ0v) is 21.4. The molecule has 0 aliphatic rings. The Morgan fingerprint density at radius 2 is 1.54 bits per heavy atom. The van der Waals surface area contributed by atoms with Gasteiger partial charge in [-0.1, -0.05) is 36.3 Å². The SMILES string of the molecule is C.CC(=O)c1ccccn1.CS(Cc1ccc(C(C)(F)F)nc1)=NC#N.Cc1ccc(C(C)(F)F)nc1. The second-order valence-corrected chi connectivity index (χ2v) is 9.43. The maximum absolute atomic E-state index is 12.8. The molecule has 0 saturated heterocycles. The molecule has 0 N–H and O–H groups in total. The predicted octanol–water partition coefficient (Wildman–Crippen LogP) is 7.03. The van der Waals surface area contributed by atoms with Crippen LogP contribution in [-0.2, 0) is 28.3 Å². The number of Topliss-reactive ketones (excluding diaryl/α,β-unsaturated/α-hetero) is 1. The lowest BCUT2D eigenvalue weighted by Gasteiger charge is -2.09. The minimum absolute atomic E-state index is 0. The Labute approximate surface area is 217 Å². The van der Waals surface area contributed by atoms with E-state index in [1.807, 2.05) is 13.2 Å². The van der Waals surface area contributed by atoms with E-state index in [9.17, 15) is 22.4 Å². The van der Waals surface area contributed by atoms with Crippen molar-refractivity contribution in [3.8, 4) is 6.19 Å². The van der Waals surface area contributed by atoms with E-state index in [-0.39, 0.29) is 24.6 Å². The van der Waals surface area contributed by atoms with Gasteiger partial charge in [-0.2, -0.15) is 27.2 Å². The van der Waals surface area contributed by atoms with Gasteiger partial charge in [0.2, 0.25) is 6.19 Å². The number of aryl methyl sites for hydroxylation is 1. The van der Waals surface area contributed by atoms with Crippen molar-refractivity contribution in [2.45, 2.75) is 52.7 Å². The number of rotatable bonds is 5. The van der Waals surface area contributed by atoms with Gasteiger partial charge in [0.25, 0.3) is 11.8 Å². The predicted molar refractivity (Wildman–Crippen MR) is 138 cm³/mol. The third-order valence-corrected chi connectivity index (χ3v) is 5.38. The van der Waals surface area contributed by atoms with Crippen LogP contribution in [0.4, 0.5) is 17.6 Å². The number of halogens is 4. The molecule has 6 nitrogen and oxygen atoms in total. The van der Waals surface area contributed by atoms with Gasteiger partial charge in [-0.15, -0.1) is 0 Å². The summed E-state index contributed by atoms with van der Waals surface area (Å²) in [6, 6.07) is 11.1. The van der Waals surface area contributed by atoms with E-state index in [2.05, 4.69) is 19.3 Å². The van der Waals surface area contributed by atoms with E-state index in [0.29, 0.717) is 11.4 Å². The van der Waals surface area contributed by atoms with E-state index in [1.165, 1.54) is 31.5 Å². The molecule has 1 unspecified atom stereocenters. The molecule has 0 saturated carbocycles. The lowest BCUT2D eigenvalue weighted by molar-refractivity contribution is 0.0121. The number of aromatic nitrogens is 3. The van der Waals surface area contributed by atoms with Crippen molar-refractivity contribution in [1.82, 2.24) is 15.0 Å². The lowest BCUT2D eigenvalue weighted by atomic mass is 10.2. The molecule has 0 radical (unpaired) electrons. The van der Waals surface area contributed by atoms with E-state index in [1.54, 1.807) is 42.7 Å². The van der Waals surface area contributed by atoms with Crippen molar-refractivity contribution in [3.05, 3.63) is 89.3 Å². The fourth-order valence-electron chi connectivity index (χ4n) is 2.41. The molecule has 3 heterocycles. The number of ketones is 1. The minimum atomic E-state index is -2.91. The Bertz CT molecular complexity index is 1170. The Morgan fingerprint density at radius 1 is 0.973 bits per heavy atom. The summed E-state index contributed by atoms with van der Waals surface area (Å²) in [7, 11) is -0.412. The monoisotopic (exact) mass is 537 g/mol. The van der Waals surface area contributed by atoms with Gasteiger partial charge < -0.3 is 0 Å². The van der Waals surface area contributed by atoms with Gasteiger partial charge in [-0.3, -0.25) is 19.7 Å². The van der Waals surface area contributed by atoms with Crippen molar-refractivity contribution in [3.63, 3.8) is 0 Å². The summed E-state index contributed by atoms with van der Waals surface area (Å²) in [4.78, 5) is 21.7. The lowest BCUT2D eigenvalue weighted by Crippen LogP contribution is -2.09. The van der Waals surface area contributed by atoms with Crippen LogP contribution in [0.25, 0.3) is 0 Å². The summed E-state index contributed by atoms with van der Waals surface area (Å²) < 4.78 is 54.4. The molecule has 0 spiro atoms. The highest BCUT2D eigenvalue weighted by atomic mass is 32.2. The van der Waals surface area contributed by atoms with Gasteiger partial charge >= 0.3 is 0 Å². The zero-order chi connectivity index (χ0) is 27.4. The Balaban J connectivity index is 0.000000542. The fourth-order valence-corrected chi connectivity index (χ4v) is 3.27. The zero-order valence-electron chi connectivity index (χ0n) is 20.5. The molecular formula is C26H31F4N5OS. The number of carbonyl (C=O) groups is 1. The number of nitriles is 1. The highest BCUT2D eigenvalue weighted by Crippen LogP contribution is 2.25. The maximum atomic E-state index is 12.8. The normalized spacial score (nSPS) is 11.5. The molecule has 11 heteroatoms. The number of carbonyl (C=O) groups excluding carboxylic acids is 1. The molecule has 0 fully saturated rings. The Kier molecular flexibility index (Phi) is 14.1. The highest BCUT2D eigenvalue weighted by molar-refractivity contribution is 7.85. The molecule has 3 aromatic rings. The van der Waals surface area contributed by atoms with Crippen molar-refractivity contribution < 1.29 is 22.4 Å². The number of hydrogen-bond donors (Lipinski definition) is 0. The number of pyridine rings is 3. The second-order valence-electron chi connectivity index (χ2n) is 7.76. The van der Waals surface area contributed by atoms with E-state index >= 15 is 0 Å². The van der Waals surface area contributed by atoms with Crippen LogP contribution >= 0.6 is 0 Å². The van der Waals surface area contributed by atoms with Crippen LogP contribution < -0.4 is 0 Å². The van der Waals surface area contributed by atoms with Gasteiger partial charge in [0.15, 0.2) is 5.78 Å². The van der Waals surface area contributed by atoms with Crippen LogP contribution in [0.15, 0.2) is 65.4 Å². The topological polar surface area (TPSA) is 91.9 Å². The largest absolute Gasteiger partial charge is 0.293 e. The van der Waals surface area contributed by atoms with Gasteiger partial charge in [0.05, 0.1) is 0 Å². The van der Waals surface area contributed by atoms with Crippen molar-refractivity contribution in [2.24, 2.45) is 4.36 Å². The van der Waals surface area contributed by atoms with Crippen molar-refractivity contribution in [1.29, 1.82) is 5.26 Å². The molecule has 0 aromatic carbocycles. The molecule has 0 aliphatic heterocycles. The standard InChI is InChI=1S/C10H11F2N3S.C8H9F2N.C7H7NO.CH4/c1-10(11,12)9-4-3-8(5-14-9)6-16(2)15-7-13;1-6-3-4-7(11-5-6)8(2,9)10;1-6(9)7-4-2-3-5-8-7;/h3-5H,6H2,1-2H3;3-5H,1-2H3;2-5H,1H3;1H4. The van der Waals surface area contributed by atoms with Crippen LogP contribution in [0, 0.1) is 18.4 Å². The van der Waals surface area contributed by atoms with Crippen LogP contribution in [0.2, 0.25) is 0 Å². The second kappa shape index (κ2) is 15.6. The molecule has 37 heavy (non-hydrogen) atoms. The number of nitrogens with zero attached hydrogens (tertiary/aromatic N) is 5. The van der Waals surface area contributed by atoms with E-state index < -0.39 is 22.5 Å². The van der Waals surface area contributed by atoms with Crippen LogP contribution in [-0.4, -0.2) is 27.0 Å². The van der Waals surface area contributed by atoms with Crippen LogP contribution in [0.3, 0.4) is 0 Å². The molecule has 0 aliphatic carbocycles. The van der Waals surface area contributed by atoms with Crippen molar-refractivity contribution in [2.75, 3.05) is 6.26 Å². The summed E-state index contributed by atoms with van der Waals surface area (Å²) >= 11 is 0. The van der Waals surface area contributed by atoms with Gasteiger partial charge in [0.1, 0.15) is 17.1 Å². The van der Waals surface area contributed by atoms with Gasteiger partial charge in [0, 0.05) is 45.1 Å². The minimum Gasteiger partial charge on any atom is -0.293 e. The Hall–Kier alpha value is -3.52. The fraction of sp³-hybridized carbons (Fsp3) is 0.346. The first-order chi connectivity index (χ1) is 16.7. The summed E-state index contributed by atoms with van der Waals surface area (Å²) in [6.45, 7) is 4.96. The number of alkyl halides is 4. The maximum Gasteiger partial charge on any atom is 0.286 e. The molecule has 0 bridgehead atoms. The average Bonchev–Trinajstić information content (AvgIpc) is 2.80. The quantitative estimate of drug-likeness (QED) is 0.198. The first kappa shape index (κ1) is 33.5. The third kappa shape index (κ3) is 13.4. The van der Waals surface area contributed by atoms with Gasteiger partial charge in [-0.25, -0.2) is 0 Å². The molecule has 0 amide bonds. The summed E-state index contributed by atoms with van der Waals surface area (Å²) in [5, 5.41) is 8.34. The first-order valence-corrected chi connectivity index (χ1v) is 12.3. The van der Waals surface area contributed by atoms with E-state index in [4.69, 9.17) is 5.26 Å². The average molecular weight is 538 g/mol. The number of hydrogen-bond acceptors (Lipinski definition) is 6. The third-order valence-electron chi connectivity index (χ3n) is 4.23. The molecule has 200 valence electrons. The first-order valence-electron chi connectivity index (χ1n) is 10.5. The summed E-state index contributed by atoms with van der Waals surface area (Å²) in [6.07, 6.45) is 7.98. The van der Waals surface area contributed by atoms with Crippen LogP contribution in [0.1, 0.15) is 61.2 Å². The van der Waals surface area contributed by atoms with Crippen LogP contribution in [0.5, 0.6) is 0 Å². The molecule has 1 atom stereocenters. The van der Waals surface area contributed by atoms with Crippen molar-refractivity contribution >= 4 is 16.5 Å².